The van der Waals surface area contributed by atoms with Crippen LogP contribution in [0.5, 0.6) is 0 Å². The van der Waals surface area contributed by atoms with Crippen LogP contribution in [0.3, 0.4) is 0 Å². The summed E-state index contributed by atoms with van der Waals surface area (Å²) in [5, 5.41) is 6.28. The molecule has 0 aliphatic rings. The molecule has 0 unspecified atom stereocenters. The predicted octanol–water partition coefficient (Wildman–Crippen LogP) is 2.60. The van der Waals surface area contributed by atoms with Crippen molar-refractivity contribution in [1.29, 1.82) is 0 Å². The smallest absolute Gasteiger partial charge is 0.126 e. The van der Waals surface area contributed by atoms with Crippen LogP contribution in [0.2, 0.25) is 0 Å². The number of rotatable bonds is 3. The summed E-state index contributed by atoms with van der Waals surface area (Å²) in [5.41, 5.74) is 3.51. The van der Waals surface area contributed by atoms with Crippen LogP contribution in [0.4, 0.5) is 11.5 Å². The lowest BCUT2D eigenvalue weighted by Crippen LogP contribution is -2.04. The monoisotopic (exact) mass is 193 g/mol. The first-order valence-electron chi connectivity index (χ1n) is 4.97. The van der Waals surface area contributed by atoms with E-state index >= 15 is 0 Å². The Morgan fingerprint density at radius 1 is 1.21 bits per heavy atom. The van der Waals surface area contributed by atoms with E-state index in [1.807, 2.05) is 21.0 Å². The Bertz CT molecular complexity index is 319. The molecule has 14 heavy (non-hydrogen) atoms. The summed E-state index contributed by atoms with van der Waals surface area (Å²) in [6.45, 7) is 6.41. The molecular weight excluding hydrogens is 174 g/mol. The minimum atomic E-state index is 0.506. The molecule has 1 aromatic rings. The van der Waals surface area contributed by atoms with Crippen molar-refractivity contribution in [3.63, 3.8) is 0 Å². The molecule has 0 aromatic carbocycles. The van der Waals surface area contributed by atoms with Crippen molar-refractivity contribution < 1.29 is 0 Å². The first-order valence-corrected chi connectivity index (χ1v) is 4.97. The van der Waals surface area contributed by atoms with E-state index in [2.05, 4.69) is 35.5 Å². The van der Waals surface area contributed by atoms with Gasteiger partial charge in [-0.1, -0.05) is 13.8 Å². The fourth-order valence-electron chi connectivity index (χ4n) is 1.61. The second-order valence-corrected chi connectivity index (χ2v) is 3.71. The number of aromatic nitrogens is 1. The highest BCUT2D eigenvalue weighted by Crippen LogP contribution is 2.28. The molecule has 0 aliphatic carbocycles. The average Bonchev–Trinajstić information content (AvgIpc) is 2.16. The molecule has 0 amide bonds. The first-order chi connectivity index (χ1) is 6.60. The van der Waals surface area contributed by atoms with Gasteiger partial charge in [-0.15, -0.1) is 0 Å². The molecule has 0 radical (unpaired) electrons. The Balaban J connectivity index is 3.28. The Morgan fingerprint density at radius 2 is 1.86 bits per heavy atom. The molecular formula is C11H19N3. The van der Waals surface area contributed by atoms with E-state index in [9.17, 15) is 0 Å². The van der Waals surface area contributed by atoms with Crippen LogP contribution in [0, 0.1) is 6.92 Å². The summed E-state index contributed by atoms with van der Waals surface area (Å²) in [6, 6.07) is 2.10. The highest BCUT2D eigenvalue weighted by atomic mass is 15.0. The summed E-state index contributed by atoms with van der Waals surface area (Å²) >= 11 is 0. The Kier molecular flexibility index (Phi) is 3.33. The molecule has 1 aromatic heterocycles. The Morgan fingerprint density at radius 3 is 2.29 bits per heavy atom. The lowest BCUT2D eigenvalue weighted by atomic mass is 10.0. The molecule has 78 valence electrons. The quantitative estimate of drug-likeness (QED) is 0.774. The van der Waals surface area contributed by atoms with Gasteiger partial charge in [0.1, 0.15) is 5.82 Å². The number of hydrogen-bond acceptors (Lipinski definition) is 3. The topological polar surface area (TPSA) is 37.0 Å². The van der Waals surface area contributed by atoms with Gasteiger partial charge in [-0.25, -0.2) is 4.98 Å². The molecule has 0 bridgehead atoms. The molecule has 0 fully saturated rings. The number of anilines is 2. The van der Waals surface area contributed by atoms with Gasteiger partial charge < -0.3 is 10.6 Å². The van der Waals surface area contributed by atoms with Crippen LogP contribution in [-0.4, -0.2) is 19.1 Å². The fourth-order valence-corrected chi connectivity index (χ4v) is 1.61. The molecule has 1 heterocycles. The number of nitrogens with one attached hydrogen (secondary N) is 2. The van der Waals surface area contributed by atoms with Crippen LogP contribution in [0.25, 0.3) is 0 Å². The molecule has 3 heteroatoms. The van der Waals surface area contributed by atoms with Crippen molar-refractivity contribution in [2.45, 2.75) is 26.7 Å². The van der Waals surface area contributed by atoms with Gasteiger partial charge in [0.05, 0.1) is 11.4 Å². The SMILES string of the molecule is CNc1cc(C(C)C)c(NC)c(C)n1. The number of nitrogens with zero attached hydrogens (tertiary/aromatic N) is 1. The Hall–Kier alpha value is -1.25. The highest BCUT2D eigenvalue weighted by Gasteiger charge is 2.10. The normalized spacial score (nSPS) is 10.4. The van der Waals surface area contributed by atoms with Crippen molar-refractivity contribution in [3.8, 4) is 0 Å². The van der Waals surface area contributed by atoms with Gasteiger partial charge in [0.15, 0.2) is 0 Å². The van der Waals surface area contributed by atoms with Crippen molar-refractivity contribution in [2.75, 3.05) is 24.7 Å². The number of hydrogen-bond donors (Lipinski definition) is 2. The van der Waals surface area contributed by atoms with Crippen LogP contribution < -0.4 is 10.6 Å². The van der Waals surface area contributed by atoms with E-state index in [4.69, 9.17) is 0 Å². The van der Waals surface area contributed by atoms with Gasteiger partial charge in [0, 0.05) is 14.1 Å². The van der Waals surface area contributed by atoms with Crippen molar-refractivity contribution in [2.24, 2.45) is 0 Å². The maximum Gasteiger partial charge on any atom is 0.126 e. The third-order valence-corrected chi connectivity index (χ3v) is 2.36. The van der Waals surface area contributed by atoms with E-state index in [0.717, 1.165) is 17.2 Å². The summed E-state index contributed by atoms with van der Waals surface area (Å²) in [7, 11) is 3.83. The third-order valence-electron chi connectivity index (χ3n) is 2.36. The summed E-state index contributed by atoms with van der Waals surface area (Å²) in [4.78, 5) is 4.43. The maximum atomic E-state index is 4.43. The summed E-state index contributed by atoms with van der Waals surface area (Å²) in [6.07, 6.45) is 0. The van der Waals surface area contributed by atoms with Crippen LogP contribution >= 0.6 is 0 Å². The second-order valence-electron chi connectivity index (χ2n) is 3.71. The average molecular weight is 193 g/mol. The van der Waals surface area contributed by atoms with Gasteiger partial charge in [-0.2, -0.15) is 0 Å². The summed E-state index contributed by atoms with van der Waals surface area (Å²) < 4.78 is 0. The molecule has 3 nitrogen and oxygen atoms in total. The summed E-state index contributed by atoms with van der Waals surface area (Å²) in [5.74, 6) is 1.44. The molecule has 1 rings (SSSR count). The van der Waals surface area contributed by atoms with E-state index in [0.29, 0.717) is 5.92 Å². The fraction of sp³-hybridized carbons (Fsp3) is 0.545. The zero-order valence-electron chi connectivity index (χ0n) is 9.60. The van der Waals surface area contributed by atoms with Gasteiger partial charge in [-0.05, 0) is 24.5 Å². The minimum absolute atomic E-state index is 0.506. The van der Waals surface area contributed by atoms with E-state index in [1.165, 1.54) is 5.56 Å². The number of pyridine rings is 1. The standard InChI is InChI=1S/C11H19N3/c1-7(2)9-6-10(12-4)14-8(3)11(9)13-5/h6-7,13H,1-5H3,(H,12,14). The first kappa shape index (κ1) is 10.8. The van der Waals surface area contributed by atoms with E-state index in [-0.39, 0.29) is 0 Å². The maximum absolute atomic E-state index is 4.43. The minimum Gasteiger partial charge on any atom is -0.386 e. The van der Waals surface area contributed by atoms with E-state index in [1.54, 1.807) is 0 Å². The zero-order chi connectivity index (χ0) is 10.7. The predicted molar refractivity (Wildman–Crippen MR) is 62.2 cm³/mol. The molecule has 0 saturated carbocycles. The van der Waals surface area contributed by atoms with Gasteiger partial charge in [0.25, 0.3) is 0 Å². The van der Waals surface area contributed by atoms with Crippen LogP contribution in [0.15, 0.2) is 6.07 Å². The number of aryl methyl sites for hydroxylation is 1. The Labute approximate surface area is 85.9 Å². The van der Waals surface area contributed by atoms with Crippen LogP contribution in [-0.2, 0) is 0 Å². The third kappa shape index (κ3) is 1.97. The molecule has 0 atom stereocenters. The zero-order valence-corrected chi connectivity index (χ0v) is 9.60. The molecule has 0 saturated heterocycles. The van der Waals surface area contributed by atoms with Crippen molar-refractivity contribution in [1.82, 2.24) is 4.98 Å². The highest BCUT2D eigenvalue weighted by molar-refractivity contribution is 5.60. The van der Waals surface area contributed by atoms with E-state index < -0.39 is 0 Å². The largest absolute Gasteiger partial charge is 0.386 e. The van der Waals surface area contributed by atoms with Crippen molar-refractivity contribution >= 4 is 11.5 Å². The molecule has 2 N–H and O–H groups in total. The lowest BCUT2D eigenvalue weighted by Gasteiger charge is -2.16. The van der Waals surface area contributed by atoms with Crippen LogP contribution in [0.1, 0.15) is 31.0 Å². The van der Waals surface area contributed by atoms with Crippen molar-refractivity contribution in [3.05, 3.63) is 17.3 Å². The van der Waals surface area contributed by atoms with Gasteiger partial charge in [-0.3, -0.25) is 0 Å². The van der Waals surface area contributed by atoms with Gasteiger partial charge >= 0.3 is 0 Å². The molecule has 0 aliphatic heterocycles. The second kappa shape index (κ2) is 4.31. The lowest BCUT2D eigenvalue weighted by molar-refractivity contribution is 0.862. The van der Waals surface area contributed by atoms with Gasteiger partial charge in [0.2, 0.25) is 0 Å². The molecule has 0 spiro atoms.